The Labute approximate surface area is 138 Å². The summed E-state index contributed by atoms with van der Waals surface area (Å²) in [7, 11) is -0.603. The summed E-state index contributed by atoms with van der Waals surface area (Å²) < 4.78 is 32.1. The maximum Gasteiger partial charge on any atom is 0.498 e. The summed E-state index contributed by atoms with van der Waals surface area (Å²) in [6.45, 7) is 7.98. The molecule has 0 N–H and O–H groups in total. The Morgan fingerprint density at radius 1 is 1.04 bits per heavy atom. The third kappa shape index (κ3) is 3.41. The molecule has 1 heterocycles. The standard InChI is InChI=1S/C18H26BFO3/c1-17(2)18(3,4)23-19(22-17)15-12-13(20)10-11-16(15)21-14-8-6-5-7-9-14/h10-12,14H,5-9H2,1-4H3. The summed E-state index contributed by atoms with van der Waals surface area (Å²) in [5.74, 6) is 0.377. The zero-order valence-electron chi connectivity index (χ0n) is 14.5. The van der Waals surface area contributed by atoms with Crippen molar-refractivity contribution in [2.75, 3.05) is 0 Å². The van der Waals surface area contributed by atoms with Crippen LogP contribution in [0.5, 0.6) is 5.75 Å². The number of rotatable bonds is 3. The number of ether oxygens (including phenoxy) is 1. The predicted octanol–water partition coefficient (Wildman–Crippen LogP) is 3.84. The minimum Gasteiger partial charge on any atom is -0.491 e. The summed E-state index contributed by atoms with van der Waals surface area (Å²) in [6.07, 6.45) is 5.97. The summed E-state index contributed by atoms with van der Waals surface area (Å²) in [4.78, 5) is 0. The van der Waals surface area contributed by atoms with Crippen LogP contribution in [0.3, 0.4) is 0 Å². The van der Waals surface area contributed by atoms with Crippen LogP contribution in [0.1, 0.15) is 59.8 Å². The van der Waals surface area contributed by atoms with Gasteiger partial charge in [-0.15, -0.1) is 0 Å². The van der Waals surface area contributed by atoms with Gasteiger partial charge in [0, 0.05) is 5.46 Å². The second-order valence-corrected chi connectivity index (χ2v) is 7.65. The highest BCUT2D eigenvalue weighted by Crippen LogP contribution is 2.37. The van der Waals surface area contributed by atoms with Crippen LogP contribution in [-0.4, -0.2) is 24.4 Å². The van der Waals surface area contributed by atoms with Gasteiger partial charge in [0.05, 0.1) is 17.3 Å². The maximum atomic E-state index is 13.8. The molecule has 0 radical (unpaired) electrons. The van der Waals surface area contributed by atoms with E-state index in [-0.39, 0.29) is 11.9 Å². The zero-order valence-corrected chi connectivity index (χ0v) is 14.5. The first-order valence-electron chi connectivity index (χ1n) is 8.60. The average molecular weight is 320 g/mol. The molecule has 0 atom stereocenters. The molecule has 1 aliphatic heterocycles. The molecule has 0 aromatic heterocycles. The van der Waals surface area contributed by atoms with Crippen molar-refractivity contribution in [2.24, 2.45) is 0 Å². The maximum absolute atomic E-state index is 13.8. The number of halogens is 1. The molecule has 0 bridgehead atoms. The monoisotopic (exact) mass is 320 g/mol. The summed E-state index contributed by atoms with van der Waals surface area (Å²) in [5, 5.41) is 0. The molecular weight excluding hydrogens is 294 g/mol. The first-order valence-corrected chi connectivity index (χ1v) is 8.60. The number of hydrogen-bond donors (Lipinski definition) is 0. The summed E-state index contributed by atoms with van der Waals surface area (Å²) in [5.41, 5.74) is -0.257. The van der Waals surface area contributed by atoms with Gasteiger partial charge in [-0.05, 0) is 71.6 Å². The SMILES string of the molecule is CC1(C)OB(c2cc(F)ccc2OC2CCCCC2)OC1(C)C. The summed E-state index contributed by atoms with van der Waals surface area (Å²) >= 11 is 0. The van der Waals surface area contributed by atoms with Crippen LogP contribution in [0.4, 0.5) is 4.39 Å². The van der Waals surface area contributed by atoms with E-state index in [1.165, 1.54) is 31.4 Å². The van der Waals surface area contributed by atoms with Crippen molar-refractivity contribution in [1.29, 1.82) is 0 Å². The minimum atomic E-state index is -0.603. The fourth-order valence-corrected chi connectivity index (χ4v) is 3.14. The van der Waals surface area contributed by atoms with Crippen LogP contribution in [-0.2, 0) is 9.31 Å². The first-order chi connectivity index (χ1) is 10.8. The van der Waals surface area contributed by atoms with E-state index < -0.39 is 18.3 Å². The molecule has 1 aliphatic carbocycles. The highest BCUT2D eigenvalue weighted by molar-refractivity contribution is 6.63. The lowest BCUT2D eigenvalue weighted by Crippen LogP contribution is -2.41. The first kappa shape index (κ1) is 16.8. The normalized spacial score (nSPS) is 24.0. The van der Waals surface area contributed by atoms with Gasteiger partial charge in [-0.1, -0.05) is 6.42 Å². The van der Waals surface area contributed by atoms with E-state index in [4.69, 9.17) is 14.0 Å². The van der Waals surface area contributed by atoms with Gasteiger partial charge in [0.25, 0.3) is 0 Å². The zero-order chi connectivity index (χ0) is 16.7. The molecule has 126 valence electrons. The lowest BCUT2D eigenvalue weighted by molar-refractivity contribution is 0.00578. The molecule has 0 unspecified atom stereocenters. The quantitative estimate of drug-likeness (QED) is 0.792. The molecule has 5 heteroatoms. The Hall–Kier alpha value is -1.07. The Balaban J connectivity index is 1.85. The van der Waals surface area contributed by atoms with Crippen LogP contribution >= 0.6 is 0 Å². The highest BCUT2D eigenvalue weighted by atomic mass is 19.1. The van der Waals surface area contributed by atoms with E-state index in [1.54, 1.807) is 6.07 Å². The van der Waals surface area contributed by atoms with E-state index in [0.29, 0.717) is 11.2 Å². The van der Waals surface area contributed by atoms with Gasteiger partial charge >= 0.3 is 7.12 Å². The van der Waals surface area contributed by atoms with E-state index >= 15 is 0 Å². The molecule has 2 aliphatic rings. The highest BCUT2D eigenvalue weighted by Gasteiger charge is 2.52. The molecule has 1 aromatic carbocycles. The lowest BCUT2D eigenvalue weighted by atomic mass is 9.78. The van der Waals surface area contributed by atoms with E-state index in [0.717, 1.165) is 12.8 Å². The lowest BCUT2D eigenvalue weighted by Gasteiger charge is -2.32. The van der Waals surface area contributed by atoms with Crippen LogP contribution in [0.15, 0.2) is 18.2 Å². The molecule has 1 saturated heterocycles. The molecule has 1 aromatic rings. The number of hydrogen-bond acceptors (Lipinski definition) is 3. The van der Waals surface area contributed by atoms with Gasteiger partial charge < -0.3 is 14.0 Å². The summed E-state index contributed by atoms with van der Waals surface area (Å²) in [6, 6.07) is 4.61. The van der Waals surface area contributed by atoms with Crippen molar-refractivity contribution in [3.05, 3.63) is 24.0 Å². The van der Waals surface area contributed by atoms with Gasteiger partial charge in [0.15, 0.2) is 0 Å². The Bertz CT molecular complexity index is 551. The smallest absolute Gasteiger partial charge is 0.491 e. The van der Waals surface area contributed by atoms with Gasteiger partial charge in [-0.2, -0.15) is 0 Å². The topological polar surface area (TPSA) is 27.7 Å². The molecule has 23 heavy (non-hydrogen) atoms. The minimum absolute atomic E-state index is 0.204. The molecule has 3 rings (SSSR count). The van der Waals surface area contributed by atoms with Crippen LogP contribution in [0.2, 0.25) is 0 Å². The van der Waals surface area contributed by atoms with Gasteiger partial charge in [-0.25, -0.2) is 4.39 Å². The van der Waals surface area contributed by atoms with Gasteiger partial charge in [-0.3, -0.25) is 0 Å². The van der Waals surface area contributed by atoms with Crippen molar-refractivity contribution < 1.29 is 18.4 Å². The van der Waals surface area contributed by atoms with E-state index in [9.17, 15) is 4.39 Å². The van der Waals surface area contributed by atoms with Crippen molar-refractivity contribution in [3.8, 4) is 5.75 Å². The Morgan fingerprint density at radius 3 is 2.26 bits per heavy atom. The van der Waals surface area contributed by atoms with E-state index in [2.05, 4.69) is 0 Å². The molecular formula is C18H26BFO3. The van der Waals surface area contributed by atoms with Crippen LogP contribution < -0.4 is 10.2 Å². The molecule has 1 saturated carbocycles. The van der Waals surface area contributed by atoms with Crippen molar-refractivity contribution in [2.45, 2.75) is 77.1 Å². The average Bonchev–Trinajstić information content (AvgIpc) is 2.70. The molecule has 3 nitrogen and oxygen atoms in total. The van der Waals surface area contributed by atoms with Gasteiger partial charge in [0.1, 0.15) is 11.6 Å². The Kier molecular flexibility index (Phi) is 4.45. The second-order valence-electron chi connectivity index (χ2n) is 7.65. The molecule has 0 spiro atoms. The fourth-order valence-electron chi connectivity index (χ4n) is 3.14. The van der Waals surface area contributed by atoms with Crippen LogP contribution in [0.25, 0.3) is 0 Å². The predicted molar refractivity (Wildman–Crippen MR) is 89.6 cm³/mol. The third-order valence-corrected chi connectivity index (χ3v) is 5.32. The van der Waals surface area contributed by atoms with Crippen LogP contribution in [0, 0.1) is 5.82 Å². The van der Waals surface area contributed by atoms with Crippen molar-refractivity contribution in [3.63, 3.8) is 0 Å². The largest absolute Gasteiger partial charge is 0.498 e. The van der Waals surface area contributed by atoms with E-state index in [1.807, 2.05) is 27.7 Å². The Morgan fingerprint density at radius 2 is 1.65 bits per heavy atom. The third-order valence-electron chi connectivity index (χ3n) is 5.32. The number of benzene rings is 1. The van der Waals surface area contributed by atoms with Crippen molar-refractivity contribution >= 4 is 12.6 Å². The van der Waals surface area contributed by atoms with Gasteiger partial charge in [0.2, 0.25) is 0 Å². The second kappa shape index (κ2) is 6.10. The molecule has 0 amide bonds. The molecule has 2 fully saturated rings. The fraction of sp³-hybridized carbons (Fsp3) is 0.667. The van der Waals surface area contributed by atoms with Crippen molar-refractivity contribution in [1.82, 2.24) is 0 Å².